The molecule has 0 bridgehead atoms. The number of sulfonamides is 1. The number of nitrogens with zero attached hydrogens (tertiary/aromatic N) is 1. The van der Waals surface area contributed by atoms with Crippen molar-refractivity contribution in [2.24, 2.45) is 0 Å². The van der Waals surface area contributed by atoms with Gasteiger partial charge in [-0.05, 0) is 13.5 Å². The summed E-state index contributed by atoms with van der Waals surface area (Å²) in [4.78, 5) is 25.0. The van der Waals surface area contributed by atoms with Crippen LogP contribution in [-0.2, 0) is 19.6 Å². The summed E-state index contributed by atoms with van der Waals surface area (Å²) in [5, 5.41) is 9.79. The normalized spacial score (nSPS) is 28.4. The predicted octanol–water partition coefficient (Wildman–Crippen LogP) is -1.48. The van der Waals surface area contributed by atoms with Crippen molar-refractivity contribution < 1.29 is 23.1 Å². The zero-order valence-corrected chi connectivity index (χ0v) is 12.2. The first kappa shape index (κ1) is 16.2. The average molecular weight is 292 g/mol. The summed E-state index contributed by atoms with van der Waals surface area (Å²) >= 11 is 0. The smallest absolute Gasteiger partial charge is 0.231 e. The Hall–Kier alpha value is -0.830. The highest BCUT2D eigenvalue weighted by atomic mass is 32.2. The Labute approximate surface area is 113 Å². The van der Waals surface area contributed by atoms with E-state index in [4.69, 9.17) is 0 Å². The van der Waals surface area contributed by atoms with Gasteiger partial charge in [0.2, 0.25) is 21.6 Å². The van der Waals surface area contributed by atoms with Crippen molar-refractivity contribution in [2.45, 2.75) is 31.9 Å². The molecule has 0 aromatic carbocycles. The third-order valence-electron chi connectivity index (χ3n) is 3.22. The lowest BCUT2D eigenvalue weighted by Crippen LogP contribution is -2.43. The Kier molecular flexibility index (Phi) is 4.83. The average Bonchev–Trinajstić information content (AvgIpc) is 2.47. The van der Waals surface area contributed by atoms with Crippen molar-refractivity contribution in [2.75, 3.05) is 25.9 Å². The number of rotatable bonds is 6. The van der Waals surface area contributed by atoms with Gasteiger partial charge < -0.3 is 5.11 Å². The van der Waals surface area contributed by atoms with E-state index in [1.54, 1.807) is 4.90 Å². The summed E-state index contributed by atoms with van der Waals surface area (Å²) in [6, 6.07) is -0.672. The lowest BCUT2D eigenvalue weighted by Gasteiger charge is -2.26. The quantitative estimate of drug-likeness (QED) is 0.579. The first-order chi connectivity index (χ1) is 8.58. The number of ketones is 2. The molecular formula is C11H20N2O5S. The number of carbonyl (C=O) groups excluding carboxylic acids is 2. The maximum atomic E-state index is 11.8. The van der Waals surface area contributed by atoms with Crippen molar-refractivity contribution in [3.63, 3.8) is 0 Å². The Balaban J connectivity index is 2.66. The molecule has 0 aromatic rings. The molecule has 0 saturated heterocycles. The van der Waals surface area contributed by atoms with Crippen LogP contribution in [0.2, 0.25) is 0 Å². The number of hydrogen-bond donors (Lipinski definition) is 2. The molecular weight excluding hydrogens is 272 g/mol. The van der Waals surface area contributed by atoms with Crippen molar-refractivity contribution in [1.29, 1.82) is 0 Å². The molecule has 0 aromatic heterocycles. The zero-order chi connectivity index (χ0) is 14.8. The molecule has 1 rings (SSSR count). The Morgan fingerprint density at radius 2 is 2.05 bits per heavy atom. The molecule has 1 saturated carbocycles. The molecule has 2 unspecified atom stereocenters. The standard InChI is InChI=1S/C11H20N2O5S/c1-4-13(6-5-12-19(3,17)18)8-7-11(2,16)10(15)9(8)14/h8,12,16H,4-7H2,1-3H3. The molecule has 2 N–H and O–H groups in total. The van der Waals surface area contributed by atoms with E-state index in [-0.39, 0.29) is 13.0 Å². The second-order valence-corrected chi connectivity index (χ2v) is 6.82. The van der Waals surface area contributed by atoms with Crippen LogP contribution in [0.1, 0.15) is 20.3 Å². The third kappa shape index (κ3) is 4.07. The molecule has 0 amide bonds. The molecule has 8 heteroatoms. The zero-order valence-electron chi connectivity index (χ0n) is 11.3. The van der Waals surface area contributed by atoms with Crippen LogP contribution in [-0.4, -0.2) is 67.5 Å². The number of Topliss-reactive ketones (excluding diaryl/α,β-unsaturated/α-hetero) is 2. The third-order valence-corrected chi connectivity index (χ3v) is 3.95. The second-order valence-electron chi connectivity index (χ2n) is 4.98. The van der Waals surface area contributed by atoms with Crippen LogP contribution in [0, 0.1) is 0 Å². The van der Waals surface area contributed by atoms with Crippen LogP contribution in [0.4, 0.5) is 0 Å². The number of carbonyl (C=O) groups is 2. The van der Waals surface area contributed by atoms with Gasteiger partial charge in [0.1, 0.15) is 5.60 Å². The first-order valence-electron chi connectivity index (χ1n) is 6.08. The molecule has 0 radical (unpaired) electrons. The molecule has 1 aliphatic carbocycles. The second kappa shape index (κ2) is 5.66. The minimum absolute atomic E-state index is 0.0530. The van der Waals surface area contributed by atoms with Gasteiger partial charge in [0.25, 0.3) is 0 Å². The molecule has 1 fully saturated rings. The Morgan fingerprint density at radius 3 is 2.42 bits per heavy atom. The van der Waals surface area contributed by atoms with Crippen LogP contribution in [0.25, 0.3) is 0 Å². The minimum atomic E-state index is -3.28. The van der Waals surface area contributed by atoms with E-state index in [2.05, 4.69) is 4.72 Å². The summed E-state index contributed by atoms with van der Waals surface area (Å²) in [5.41, 5.74) is -1.61. The van der Waals surface area contributed by atoms with Gasteiger partial charge in [0, 0.05) is 19.5 Å². The van der Waals surface area contributed by atoms with Crippen molar-refractivity contribution in [3.05, 3.63) is 0 Å². The number of likely N-dealkylation sites (N-methyl/N-ethyl adjacent to an activating group) is 1. The predicted molar refractivity (Wildman–Crippen MR) is 69.1 cm³/mol. The molecule has 110 valence electrons. The van der Waals surface area contributed by atoms with Crippen LogP contribution in [0.15, 0.2) is 0 Å². The summed E-state index contributed by atoms with van der Waals surface area (Å²) < 4.78 is 24.2. The highest BCUT2D eigenvalue weighted by Gasteiger charge is 2.50. The van der Waals surface area contributed by atoms with E-state index < -0.39 is 33.2 Å². The monoisotopic (exact) mass is 292 g/mol. The molecule has 2 atom stereocenters. The number of hydrogen-bond acceptors (Lipinski definition) is 6. The van der Waals surface area contributed by atoms with Gasteiger partial charge >= 0.3 is 0 Å². The van der Waals surface area contributed by atoms with Crippen LogP contribution in [0.5, 0.6) is 0 Å². The van der Waals surface area contributed by atoms with E-state index in [9.17, 15) is 23.1 Å². The van der Waals surface area contributed by atoms with Crippen molar-refractivity contribution in [1.82, 2.24) is 9.62 Å². The maximum absolute atomic E-state index is 11.8. The van der Waals surface area contributed by atoms with Gasteiger partial charge in [-0.25, -0.2) is 13.1 Å². The summed E-state index contributed by atoms with van der Waals surface area (Å²) in [5.74, 6) is -1.38. The fourth-order valence-electron chi connectivity index (χ4n) is 2.18. The molecule has 19 heavy (non-hydrogen) atoms. The lowest BCUT2D eigenvalue weighted by molar-refractivity contribution is -0.142. The van der Waals surface area contributed by atoms with Gasteiger partial charge in [-0.3, -0.25) is 14.5 Å². The highest BCUT2D eigenvalue weighted by molar-refractivity contribution is 7.88. The summed E-state index contributed by atoms with van der Waals surface area (Å²) in [6.45, 7) is 4.10. The Bertz CT molecular complexity index is 471. The largest absolute Gasteiger partial charge is 0.382 e. The van der Waals surface area contributed by atoms with Crippen LogP contribution >= 0.6 is 0 Å². The van der Waals surface area contributed by atoms with E-state index in [1.165, 1.54) is 6.92 Å². The summed E-state index contributed by atoms with van der Waals surface area (Å²) in [6.07, 6.45) is 1.11. The van der Waals surface area contributed by atoms with Gasteiger partial charge in [-0.2, -0.15) is 0 Å². The van der Waals surface area contributed by atoms with Crippen LogP contribution in [0.3, 0.4) is 0 Å². The van der Waals surface area contributed by atoms with Gasteiger partial charge in [-0.15, -0.1) is 0 Å². The van der Waals surface area contributed by atoms with E-state index >= 15 is 0 Å². The van der Waals surface area contributed by atoms with E-state index in [1.807, 2.05) is 6.92 Å². The molecule has 0 aliphatic heterocycles. The molecule has 7 nitrogen and oxygen atoms in total. The fraction of sp³-hybridized carbons (Fsp3) is 0.818. The Morgan fingerprint density at radius 1 is 1.47 bits per heavy atom. The van der Waals surface area contributed by atoms with Crippen molar-refractivity contribution in [3.8, 4) is 0 Å². The van der Waals surface area contributed by atoms with E-state index in [0.29, 0.717) is 13.1 Å². The van der Waals surface area contributed by atoms with Crippen LogP contribution < -0.4 is 4.72 Å². The van der Waals surface area contributed by atoms with Gasteiger partial charge in [0.05, 0.1) is 12.3 Å². The lowest BCUT2D eigenvalue weighted by atomic mass is 10.0. The topological polar surface area (TPSA) is 104 Å². The SMILES string of the molecule is CCN(CCNS(C)(=O)=O)C1CC(C)(O)C(=O)C1=O. The fourth-order valence-corrected chi connectivity index (χ4v) is 2.64. The minimum Gasteiger partial charge on any atom is -0.382 e. The van der Waals surface area contributed by atoms with Gasteiger partial charge in [-0.1, -0.05) is 6.92 Å². The van der Waals surface area contributed by atoms with Crippen molar-refractivity contribution >= 4 is 21.6 Å². The maximum Gasteiger partial charge on any atom is 0.231 e. The molecule has 1 aliphatic rings. The highest BCUT2D eigenvalue weighted by Crippen LogP contribution is 2.26. The first-order valence-corrected chi connectivity index (χ1v) is 7.97. The molecule has 0 heterocycles. The number of aliphatic hydroxyl groups is 1. The van der Waals surface area contributed by atoms with E-state index in [0.717, 1.165) is 6.26 Å². The summed E-state index contributed by atoms with van der Waals surface area (Å²) in [7, 11) is -3.28. The molecule has 0 spiro atoms. The van der Waals surface area contributed by atoms with Gasteiger partial charge in [0.15, 0.2) is 0 Å². The number of nitrogens with one attached hydrogen (secondary N) is 1.